The quantitative estimate of drug-likeness (QED) is 0.280. The lowest BCUT2D eigenvalue weighted by atomic mass is 10.4. The molecule has 20 heavy (non-hydrogen) atoms. The summed E-state index contributed by atoms with van der Waals surface area (Å²) in [5.74, 6) is -0.319. The van der Waals surface area contributed by atoms with Gasteiger partial charge < -0.3 is 13.0 Å². The third-order valence-corrected chi connectivity index (χ3v) is 10.8. The molecule has 0 aromatic carbocycles. The van der Waals surface area contributed by atoms with Gasteiger partial charge in [-0.05, 0) is 58.7 Å². The molecule has 0 aliphatic heterocycles. The van der Waals surface area contributed by atoms with Gasteiger partial charge in [0.15, 0.2) is 16.6 Å². The molecule has 0 spiro atoms. The maximum Gasteiger partial charge on any atom is 0.333 e. The van der Waals surface area contributed by atoms with E-state index in [1.807, 2.05) is 0 Å². The summed E-state index contributed by atoms with van der Waals surface area (Å²) in [6, 6.07) is 0.887. The maximum atomic E-state index is 11.3. The summed E-state index contributed by atoms with van der Waals surface area (Å²) >= 11 is 0. The van der Waals surface area contributed by atoms with Gasteiger partial charge in [-0.2, -0.15) is 0 Å². The van der Waals surface area contributed by atoms with Gasteiger partial charge in [0.05, 0.1) is 6.61 Å². The molecule has 0 atom stereocenters. The zero-order chi connectivity index (χ0) is 16.0. The summed E-state index contributed by atoms with van der Waals surface area (Å²) in [6.45, 7) is 18.7. The first-order valence-electron chi connectivity index (χ1n) is 7.09. The summed E-state index contributed by atoms with van der Waals surface area (Å²) in [5, 5.41) is 0. The molecule has 0 unspecified atom stereocenters. The smallest absolute Gasteiger partial charge is 0.333 e. The molecule has 0 rings (SSSR count). The van der Waals surface area contributed by atoms with Crippen LogP contribution in [0.25, 0.3) is 0 Å². The van der Waals surface area contributed by atoms with Crippen LogP contribution in [0.4, 0.5) is 0 Å². The molecule has 0 fully saturated rings. The van der Waals surface area contributed by atoms with Crippen molar-refractivity contribution in [3.05, 3.63) is 12.2 Å². The molecule has 0 amide bonds. The van der Waals surface area contributed by atoms with Gasteiger partial charge in [0.1, 0.15) is 0 Å². The summed E-state index contributed by atoms with van der Waals surface area (Å²) in [4.78, 5) is 11.3. The van der Waals surface area contributed by atoms with Crippen LogP contribution in [0.5, 0.6) is 0 Å². The van der Waals surface area contributed by atoms with Gasteiger partial charge in [0.25, 0.3) is 0 Å². The zero-order valence-electron chi connectivity index (χ0n) is 14.0. The average molecular weight is 335 g/mol. The van der Waals surface area contributed by atoms with Gasteiger partial charge >= 0.3 is 15.3 Å². The van der Waals surface area contributed by atoms with Crippen LogP contribution in [0.15, 0.2) is 12.2 Å². The van der Waals surface area contributed by atoms with E-state index in [2.05, 4.69) is 45.9 Å². The third kappa shape index (κ3) is 11.6. The number of carbonyl (C=O) groups excluding carboxylic acids is 1. The molecule has 0 heterocycles. The van der Waals surface area contributed by atoms with Crippen LogP contribution < -0.4 is 0 Å². The second kappa shape index (κ2) is 8.28. The first-order chi connectivity index (χ1) is 8.91. The van der Waals surface area contributed by atoms with E-state index in [0.717, 1.165) is 12.5 Å². The van der Waals surface area contributed by atoms with Gasteiger partial charge in [-0.15, -0.1) is 0 Å². The van der Waals surface area contributed by atoms with E-state index in [0.29, 0.717) is 12.2 Å². The minimum atomic E-state index is -1.66. The lowest BCUT2D eigenvalue weighted by Gasteiger charge is -2.30. The van der Waals surface area contributed by atoms with E-state index in [9.17, 15) is 4.79 Å². The number of hydrogen-bond acceptors (Lipinski definition) is 4. The SMILES string of the molecule is C=C(C)C(=O)OCCC[SiH](O[Si](C)(C)C)O[Si](C)(C)C. The molecule has 0 N–H and O–H groups in total. The molecule has 0 aliphatic rings. The van der Waals surface area contributed by atoms with E-state index >= 15 is 0 Å². The van der Waals surface area contributed by atoms with Crippen molar-refractivity contribution in [2.24, 2.45) is 0 Å². The Kier molecular flexibility index (Phi) is 8.19. The first-order valence-corrected chi connectivity index (χ1v) is 15.7. The highest BCUT2D eigenvalue weighted by atomic mass is 28.4. The van der Waals surface area contributed by atoms with Crippen LogP contribution >= 0.6 is 0 Å². The van der Waals surface area contributed by atoms with Crippen molar-refractivity contribution in [3.8, 4) is 0 Å². The molecule has 118 valence electrons. The summed E-state index contributed by atoms with van der Waals surface area (Å²) < 4.78 is 17.5. The summed E-state index contributed by atoms with van der Waals surface area (Å²) in [7, 11) is -4.83. The van der Waals surface area contributed by atoms with Gasteiger partial charge in [-0.25, -0.2) is 4.79 Å². The van der Waals surface area contributed by atoms with Crippen LogP contribution in [0, 0.1) is 0 Å². The Morgan fingerprint density at radius 3 is 1.85 bits per heavy atom. The molecule has 0 bridgehead atoms. The maximum absolute atomic E-state index is 11.3. The van der Waals surface area contributed by atoms with E-state index in [1.54, 1.807) is 6.92 Å². The fourth-order valence-electron chi connectivity index (χ4n) is 1.47. The number of hydrogen-bond donors (Lipinski definition) is 0. The number of esters is 1. The highest BCUT2D eigenvalue weighted by Gasteiger charge is 2.28. The van der Waals surface area contributed by atoms with Crippen molar-refractivity contribution >= 4 is 31.9 Å². The Labute approximate surface area is 127 Å². The highest BCUT2D eigenvalue weighted by molar-refractivity contribution is 6.81. The van der Waals surface area contributed by atoms with Crippen LogP contribution in [0.2, 0.25) is 45.3 Å². The normalized spacial score (nSPS) is 12.6. The minimum absolute atomic E-state index is 0.319. The largest absolute Gasteiger partial charge is 0.462 e. The third-order valence-electron chi connectivity index (χ3n) is 2.14. The van der Waals surface area contributed by atoms with Crippen molar-refractivity contribution in [2.75, 3.05) is 6.61 Å². The predicted molar refractivity (Wildman–Crippen MR) is 91.2 cm³/mol. The predicted octanol–water partition coefficient (Wildman–Crippen LogP) is 3.42. The Bertz CT molecular complexity index is 315. The monoisotopic (exact) mass is 334 g/mol. The van der Waals surface area contributed by atoms with Gasteiger partial charge in [0, 0.05) is 5.57 Å². The summed E-state index contributed by atoms with van der Waals surface area (Å²) in [5.41, 5.74) is 0.440. The van der Waals surface area contributed by atoms with Crippen molar-refractivity contribution in [1.82, 2.24) is 0 Å². The van der Waals surface area contributed by atoms with Gasteiger partial charge in [-0.3, -0.25) is 0 Å². The van der Waals surface area contributed by atoms with E-state index in [1.165, 1.54) is 0 Å². The number of ether oxygens (including phenoxy) is 1. The fourth-order valence-corrected chi connectivity index (χ4v) is 9.85. The second-order valence-electron chi connectivity index (χ2n) is 6.95. The molecule has 0 aromatic heterocycles. The van der Waals surface area contributed by atoms with E-state index in [4.69, 9.17) is 13.0 Å². The van der Waals surface area contributed by atoms with Crippen molar-refractivity contribution in [1.29, 1.82) is 0 Å². The molecule has 4 nitrogen and oxygen atoms in total. The molecule has 0 saturated carbocycles. The second-order valence-corrected chi connectivity index (χ2v) is 18.7. The highest BCUT2D eigenvalue weighted by Crippen LogP contribution is 2.15. The first kappa shape index (κ1) is 19.8. The Balaban J connectivity index is 4.23. The number of rotatable bonds is 9. The van der Waals surface area contributed by atoms with Crippen molar-refractivity contribution in [2.45, 2.75) is 58.7 Å². The fraction of sp³-hybridized carbons (Fsp3) is 0.769. The molecular formula is C13H30O4Si3. The zero-order valence-corrected chi connectivity index (χ0v) is 17.2. The molecule has 0 aromatic rings. The summed E-state index contributed by atoms with van der Waals surface area (Å²) in [6.07, 6.45) is 0.796. The van der Waals surface area contributed by atoms with Crippen LogP contribution in [0.1, 0.15) is 13.3 Å². The molecular weight excluding hydrogens is 304 g/mol. The Morgan fingerprint density at radius 1 is 1.05 bits per heavy atom. The van der Waals surface area contributed by atoms with Crippen LogP contribution in [0.3, 0.4) is 0 Å². The van der Waals surface area contributed by atoms with Crippen LogP contribution in [-0.2, 0) is 17.8 Å². The standard InChI is InChI=1S/C13H30O4Si3/c1-12(2)13(14)15-10-9-11-18(16-19(3,4)5)17-20(6,7)8/h18H,1,9-11H2,2-8H3. The minimum Gasteiger partial charge on any atom is -0.462 e. The average Bonchev–Trinajstić information content (AvgIpc) is 2.18. The van der Waals surface area contributed by atoms with Crippen molar-refractivity contribution < 1.29 is 17.8 Å². The Morgan fingerprint density at radius 2 is 1.50 bits per heavy atom. The lowest BCUT2D eigenvalue weighted by molar-refractivity contribution is -0.138. The molecule has 0 radical (unpaired) electrons. The lowest BCUT2D eigenvalue weighted by Crippen LogP contribution is -2.43. The van der Waals surface area contributed by atoms with Gasteiger partial charge in [-0.1, -0.05) is 6.58 Å². The number of carbonyl (C=O) groups is 1. The van der Waals surface area contributed by atoms with E-state index in [-0.39, 0.29) is 5.97 Å². The van der Waals surface area contributed by atoms with Gasteiger partial charge in [0.2, 0.25) is 0 Å². The molecule has 7 heteroatoms. The molecule has 0 aliphatic carbocycles. The van der Waals surface area contributed by atoms with Crippen molar-refractivity contribution in [3.63, 3.8) is 0 Å². The topological polar surface area (TPSA) is 44.8 Å². The molecule has 0 saturated heterocycles. The van der Waals surface area contributed by atoms with Crippen LogP contribution in [-0.4, -0.2) is 38.5 Å². The Hall–Kier alpha value is -0.219. The van der Waals surface area contributed by atoms with E-state index < -0.39 is 25.9 Å².